The molecule has 0 saturated carbocycles. The van der Waals surface area contributed by atoms with E-state index in [1.165, 1.54) is 0 Å². The van der Waals surface area contributed by atoms with Crippen LogP contribution in [-0.2, 0) is 4.79 Å². The smallest absolute Gasteiger partial charge is 0.241 e. The van der Waals surface area contributed by atoms with Crippen LogP contribution in [0, 0.1) is 5.92 Å². The van der Waals surface area contributed by atoms with Gasteiger partial charge in [0, 0.05) is 11.6 Å². The van der Waals surface area contributed by atoms with Gasteiger partial charge >= 0.3 is 0 Å². The van der Waals surface area contributed by atoms with Crippen LogP contribution in [0.1, 0.15) is 32.0 Å². The van der Waals surface area contributed by atoms with Gasteiger partial charge in [-0.1, -0.05) is 37.6 Å². The van der Waals surface area contributed by atoms with Crippen LogP contribution in [0.2, 0.25) is 5.02 Å². The lowest BCUT2D eigenvalue weighted by Gasteiger charge is -2.24. The molecule has 2 rings (SSSR count). The van der Waals surface area contributed by atoms with Crippen LogP contribution in [0.15, 0.2) is 24.3 Å². The van der Waals surface area contributed by atoms with Crippen LogP contribution in [0.25, 0.3) is 0 Å². The third-order valence-corrected chi connectivity index (χ3v) is 4.71. The minimum absolute atomic E-state index is 0.0644. The molecule has 0 aliphatic carbocycles. The molecule has 1 N–H and O–H groups in total. The fourth-order valence-electron chi connectivity index (χ4n) is 2.69. The molecular weight excluding hydrogens is 304 g/mol. The first kappa shape index (κ1) is 16.7. The summed E-state index contributed by atoms with van der Waals surface area (Å²) >= 11 is 7.91. The Morgan fingerprint density at radius 2 is 2.19 bits per heavy atom. The Kier molecular flexibility index (Phi) is 5.97. The fraction of sp³-hybridized carbons (Fsp3) is 0.562. The molecule has 1 saturated heterocycles. The Bertz CT molecular complexity index is 495. The van der Waals surface area contributed by atoms with Gasteiger partial charge in [0.05, 0.1) is 6.04 Å². The molecule has 1 heterocycles. The highest BCUT2D eigenvalue weighted by atomic mass is 35.5. The molecule has 0 bridgehead atoms. The molecule has 116 valence electrons. The Labute approximate surface area is 136 Å². The van der Waals surface area contributed by atoms with Gasteiger partial charge in [0.1, 0.15) is 6.17 Å². The predicted octanol–water partition coefficient (Wildman–Crippen LogP) is 3.55. The second kappa shape index (κ2) is 7.52. The lowest BCUT2D eigenvalue weighted by Crippen LogP contribution is -2.35. The minimum Gasteiger partial charge on any atom is -0.322 e. The number of carbonyl (C=O) groups excluding carboxylic acids is 1. The maximum atomic E-state index is 12.6. The normalized spacial score (nSPS) is 22.3. The molecule has 0 radical (unpaired) electrons. The molecule has 3 nitrogen and oxygen atoms in total. The first-order valence-electron chi connectivity index (χ1n) is 7.35. The van der Waals surface area contributed by atoms with Gasteiger partial charge in [-0.05, 0) is 42.0 Å². The van der Waals surface area contributed by atoms with E-state index >= 15 is 0 Å². The van der Waals surface area contributed by atoms with E-state index in [0.717, 1.165) is 24.3 Å². The maximum Gasteiger partial charge on any atom is 0.241 e. The fourth-order valence-corrected chi connectivity index (χ4v) is 3.30. The molecule has 1 aliphatic heterocycles. The summed E-state index contributed by atoms with van der Waals surface area (Å²) in [6.07, 6.45) is 3.04. The second-order valence-corrected chi connectivity index (χ2v) is 7.15. The molecule has 2 unspecified atom stereocenters. The third-order valence-electron chi connectivity index (χ3n) is 3.78. The van der Waals surface area contributed by atoms with Gasteiger partial charge in [0.25, 0.3) is 0 Å². The number of amides is 1. The van der Waals surface area contributed by atoms with Crippen LogP contribution in [-0.4, -0.2) is 35.4 Å². The summed E-state index contributed by atoms with van der Waals surface area (Å²) in [6, 6.07) is 7.66. The van der Waals surface area contributed by atoms with Crippen molar-refractivity contribution in [3.8, 4) is 0 Å². The van der Waals surface area contributed by atoms with Crippen molar-refractivity contribution in [3.05, 3.63) is 34.9 Å². The van der Waals surface area contributed by atoms with Gasteiger partial charge in [-0.3, -0.25) is 10.1 Å². The van der Waals surface area contributed by atoms with Crippen molar-refractivity contribution in [1.29, 1.82) is 0 Å². The van der Waals surface area contributed by atoms with Crippen LogP contribution < -0.4 is 5.32 Å². The number of carbonyl (C=O) groups is 1. The molecule has 1 aromatic carbocycles. The zero-order valence-corrected chi connectivity index (χ0v) is 14.4. The zero-order valence-electron chi connectivity index (χ0n) is 12.8. The van der Waals surface area contributed by atoms with Gasteiger partial charge in [-0.2, -0.15) is 11.8 Å². The number of hydrogen-bond acceptors (Lipinski definition) is 3. The van der Waals surface area contributed by atoms with Crippen molar-refractivity contribution >= 4 is 29.3 Å². The van der Waals surface area contributed by atoms with Gasteiger partial charge in [0.2, 0.25) is 5.91 Å². The van der Waals surface area contributed by atoms with Gasteiger partial charge in [0.15, 0.2) is 0 Å². The number of nitrogens with zero attached hydrogens (tertiary/aromatic N) is 1. The summed E-state index contributed by atoms with van der Waals surface area (Å²) < 4.78 is 0. The first-order chi connectivity index (χ1) is 10.0. The Morgan fingerprint density at radius 3 is 2.81 bits per heavy atom. The summed E-state index contributed by atoms with van der Waals surface area (Å²) in [5.41, 5.74) is 1.06. The molecule has 1 amide bonds. The summed E-state index contributed by atoms with van der Waals surface area (Å²) in [5.74, 6) is 1.55. The highest BCUT2D eigenvalue weighted by Gasteiger charge is 2.40. The summed E-state index contributed by atoms with van der Waals surface area (Å²) in [4.78, 5) is 14.6. The number of hydrogen-bond donors (Lipinski definition) is 1. The van der Waals surface area contributed by atoms with E-state index in [-0.39, 0.29) is 24.0 Å². The third kappa shape index (κ3) is 3.93. The van der Waals surface area contributed by atoms with E-state index in [0.29, 0.717) is 5.02 Å². The molecule has 2 atom stereocenters. The van der Waals surface area contributed by atoms with Gasteiger partial charge in [-0.15, -0.1) is 0 Å². The quantitative estimate of drug-likeness (QED) is 0.811. The minimum atomic E-state index is -0.108. The number of rotatable bonds is 6. The Balaban J connectivity index is 2.21. The maximum absolute atomic E-state index is 12.6. The second-order valence-electron chi connectivity index (χ2n) is 5.72. The largest absolute Gasteiger partial charge is 0.322 e. The predicted molar refractivity (Wildman–Crippen MR) is 90.7 cm³/mol. The highest BCUT2D eigenvalue weighted by Crippen LogP contribution is 2.29. The lowest BCUT2D eigenvalue weighted by molar-refractivity contribution is -0.130. The molecule has 0 aromatic heterocycles. The first-order valence-corrected chi connectivity index (χ1v) is 9.12. The van der Waals surface area contributed by atoms with Gasteiger partial charge < -0.3 is 4.90 Å². The van der Waals surface area contributed by atoms with Crippen molar-refractivity contribution in [2.24, 2.45) is 5.92 Å². The van der Waals surface area contributed by atoms with Crippen molar-refractivity contribution < 1.29 is 4.79 Å². The highest BCUT2D eigenvalue weighted by molar-refractivity contribution is 7.98. The van der Waals surface area contributed by atoms with Crippen LogP contribution >= 0.6 is 23.4 Å². The molecule has 1 fully saturated rings. The standard InChI is InChI=1S/C16H23ClN2OS/c1-11(2)14-16(20)19(8-5-9-21-3)15(18-14)12-6-4-7-13(17)10-12/h4,6-7,10-11,14-15,18H,5,8-9H2,1-3H3. The van der Waals surface area contributed by atoms with Crippen molar-refractivity contribution in [1.82, 2.24) is 10.2 Å². The van der Waals surface area contributed by atoms with Gasteiger partial charge in [-0.25, -0.2) is 0 Å². The zero-order chi connectivity index (χ0) is 15.4. The monoisotopic (exact) mass is 326 g/mol. The van der Waals surface area contributed by atoms with Crippen LogP contribution in [0.4, 0.5) is 0 Å². The number of benzene rings is 1. The van der Waals surface area contributed by atoms with Crippen molar-refractivity contribution in [2.75, 3.05) is 18.6 Å². The van der Waals surface area contributed by atoms with E-state index in [9.17, 15) is 4.79 Å². The molecule has 1 aromatic rings. The van der Waals surface area contributed by atoms with E-state index < -0.39 is 0 Å². The van der Waals surface area contributed by atoms with Crippen molar-refractivity contribution in [3.63, 3.8) is 0 Å². The Hall–Kier alpha value is -0.710. The van der Waals surface area contributed by atoms with Crippen LogP contribution in [0.3, 0.4) is 0 Å². The van der Waals surface area contributed by atoms with E-state index in [1.54, 1.807) is 0 Å². The molecular formula is C16H23ClN2OS. The molecule has 21 heavy (non-hydrogen) atoms. The van der Waals surface area contributed by atoms with Crippen molar-refractivity contribution in [2.45, 2.75) is 32.5 Å². The summed E-state index contributed by atoms with van der Waals surface area (Å²) in [6.45, 7) is 4.94. The Morgan fingerprint density at radius 1 is 1.43 bits per heavy atom. The summed E-state index contributed by atoms with van der Waals surface area (Å²) in [5, 5.41) is 4.18. The molecule has 0 spiro atoms. The van der Waals surface area contributed by atoms with E-state index in [4.69, 9.17) is 11.6 Å². The van der Waals surface area contributed by atoms with E-state index in [2.05, 4.69) is 25.4 Å². The van der Waals surface area contributed by atoms with Crippen LogP contribution in [0.5, 0.6) is 0 Å². The summed E-state index contributed by atoms with van der Waals surface area (Å²) in [7, 11) is 0. The molecule has 1 aliphatic rings. The average molecular weight is 327 g/mol. The average Bonchev–Trinajstić information content (AvgIpc) is 2.77. The number of thioether (sulfide) groups is 1. The topological polar surface area (TPSA) is 32.3 Å². The SMILES string of the molecule is CSCCCN1C(=O)C(C(C)C)NC1c1cccc(Cl)c1. The van der Waals surface area contributed by atoms with E-state index in [1.807, 2.05) is 40.9 Å². The number of nitrogens with one attached hydrogen (secondary N) is 1. The molecule has 5 heteroatoms. The lowest BCUT2D eigenvalue weighted by atomic mass is 10.1. The number of halogens is 1.